The summed E-state index contributed by atoms with van der Waals surface area (Å²) in [6, 6.07) is 13.5. The Labute approximate surface area is 177 Å². The minimum Gasteiger partial charge on any atom is -0.492 e. The molecule has 0 atom stereocenters. The van der Waals surface area contributed by atoms with Gasteiger partial charge in [0, 0.05) is 33.0 Å². The second-order valence-corrected chi connectivity index (χ2v) is 5.36. The van der Waals surface area contributed by atoms with Crippen molar-refractivity contribution >= 4 is 29.9 Å². The van der Waals surface area contributed by atoms with Gasteiger partial charge in [-0.25, -0.2) is 4.98 Å². The number of hydrogen-bond acceptors (Lipinski definition) is 5. The van der Waals surface area contributed by atoms with Crippen LogP contribution in [-0.4, -0.2) is 51.5 Å². The highest BCUT2D eigenvalue weighted by Gasteiger charge is 2.00. The summed E-state index contributed by atoms with van der Waals surface area (Å²) in [5.74, 6) is 2.16. The molecule has 0 fully saturated rings. The van der Waals surface area contributed by atoms with Gasteiger partial charge in [-0.05, 0) is 17.7 Å². The minimum absolute atomic E-state index is 0. The molecule has 0 spiro atoms. The Hall–Kier alpha value is -2.07. The molecular weight excluding hydrogens is 459 g/mol. The van der Waals surface area contributed by atoms with Crippen LogP contribution < -0.4 is 20.1 Å². The normalized spacial score (nSPS) is 10.7. The molecule has 0 aliphatic heterocycles. The Bertz CT molecular complexity index is 654. The van der Waals surface area contributed by atoms with Crippen molar-refractivity contribution in [2.75, 3.05) is 40.5 Å². The van der Waals surface area contributed by atoms with Crippen LogP contribution in [0.4, 0.5) is 0 Å². The monoisotopic (exact) mass is 486 g/mol. The van der Waals surface area contributed by atoms with E-state index in [0.717, 1.165) is 11.3 Å². The molecule has 0 aliphatic carbocycles. The largest absolute Gasteiger partial charge is 0.492 e. The molecular formula is C19H27IN4O3. The van der Waals surface area contributed by atoms with Crippen molar-refractivity contribution in [2.45, 2.75) is 6.54 Å². The van der Waals surface area contributed by atoms with Gasteiger partial charge in [-0.15, -0.1) is 24.0 Å². The Morgan fingerprint density at radius 3 is 2.48 bits per heavy atom. The van der Waals surface area contributed by atoms with E-state index in [1.165, 1.54) is 0 Å². The second-order valence-electron chi connectivity index (χ2n) is 5.36. The Balaban J connectivity index is 0.00000364. The van der Waals surface area contributed by atoms with Gasteiger partial charge >= 0.3 is 0 Å². The van der Waals surface area contributed by atoms with Crippen LogP contribution in [0, 0.1) is 0 Å². The van der Waals surface area contributed by atoms with Crippen LogP contribution >= 0.6 is 24.0 Å². The predicted octanol–water partition coefficient (Wildman–Crippen LogP) is 2.47. The van der Waals surface area contributed by atoms with Crippen molar-refractivity contribution in [1.29, 1.82) is 0 Å². The number of para-hydroxylation sites is 1. The lowest BCUT2D eigenvalue weighted by molar-refractivity contribution is 0.143. The van der Waals surface area contributed by atoms with Gasteiger partial charge < -0.3 is 24.8 Å². The van der Waals surface area contributed by atoms with Crippen LogP contribution in [0.25, 0.3) is 0 Å². The topological polar surface area (TPSA) is 77.0 Å². The van der Waals surface area contributed by atoms with E-state index in [4.69, 9.17) is 14.2 Å². The van der Waals surface area contributed by atoms with Crippen LogP contribution in [0.3, 0.4) is 0 Å². The molecule has 1 aromatic heterocycles. The number of aliphatic imine (C=N–C) groups is 1. The highest BCUT2D eigenvalue weighted by molar-refractivity contribution is 14.0. The maximum atomic E-state index is 5.64. The van der Waals surface area contributed by atoms with E-state index in [1.54, 1.807) is 20.4 Å². The van der Waals surface area contributed by atoms with E-state index in [-0.39, 0.29) is 24.0 Å². The molecule has 0 radical (unpaired) electrons. The van der Waals surface area contributed by atoms with Gasteiger partial charge in [0.2, 0.25) is 5.88 Å². The van der Waals surface area contributed by atoms with Crippen LogP contribution in [0.1, 0.15) is 5.56 Å². The zero-order chi connectivity index (χ0) is 18.5. The highest BCUT2D eigenvalue weighted by atomic mass is 127. The fourth-order valence-corrected chi connectivity index (χ4v) is 2.09. The molecule has 148 valence electrons. The number of aromatic nitrogens is 1. The van der Waals surface area contributed by atoms with E-state index >= 15 is 0 Å². The maximum absolute atomic E-state index is 5.64. The third-order valence-electron chi connectivity index (χ3n) is 3.43. The summed E-state index contributed by atoms with van der Waals surface area (Å²) in [6.07, 6.45) is 1.78. The fraction of sp³-hybridized carbons (Fsp3) is 0.368. The van der Waals surface area contributed by atoms with Crippen LogP contribution in [-0.2, 0) is 11.3 Å². The second kappa shape index (κ2) is 14.0. The number of hydrogen-bond donors (Lipinski definition) is 2. The zero-order valence-corrected chi connectivity index (χ0v) is 18.0. The highest BCUT2D eigenvalue weighted by Crippen LogP contribution is 2.08. The van der Waals surface area contributed by atoms with Crippen molar-refractivity contribution in [1.82, 2.24) is 15.6 Å². The third kappa shape index (κ3) is 9.43. The lowest BCUT2D eigenvalue weighted by Crippen LogP contribution is -2.38. The standard InChI is InChI=1S/C19H26N4O3.HI/c1-20-19(21-10-11-25-17-6-4-3-5-7-17)23-15-16-8-9-18(22-14-16)26-13-12-24-2;/h3-9,14H,10-13,15H2,1-2H3,(H2,20,21,23);1H. The van der Waals surface area contributed by atoms with Gasteiger partial charge in [-0.3, -0.25) is 4.99 Å². The Morgan fingerprint density at radius 2 is 1.81 bits per heavy atom. The summed E-state index contributed by atoms with van der Waals surface area (Å²) in [7, 11) is 3.37. The van der Waals surface area contributed by atoms with Gasteiger partial charge in [0.05, 0.1) is 13.2 Å². The average molecular weight is 486 g/mol. The molecule has 0 bridgehead atoms. The maximum Gasteiger partial charge on any atom is 0.213 e. The van der Waals surface area contributed by atoms with E-state index in [9.17, 15) is 0 Å². The summed E-state index contributed by atoms with van der Waals surface area (Å²) < 4.78 is 16.0. The lowest BCUT2D eigenvalue weighted by atomic mass is 10.3. The fourth-order valence-electron chi connectivity index (χ4n) is 2.09. The summed E-state index contributed by atoms with van der Waals surface area (Å²) >= 11 is 0. The molecule has 27 heavy (non-hydrogen) atoms. The summed E-state index contributed by atoms with van der Waals surface area (Å²) in [5.41, 5.74) is 1.03. The molecule has 1 heterocycles. The molecule has 0 amide bonds. The summed E-state index contributed by atoms with van der Waals surface area (Å²) in [6.45, 7) is 2.85. The SMILES string of the molecule is CN=C(NCCOc1ccccc1)NCc1ccc(OCCOC)nc1.I. The lowest BCUT2D eigenvalue weighted by Gasteiger charge is -2.12. The molecule has 0 saturated heterocycles. The van der Waals surface area contributed by atoms with Crippen molar-refractivity contribution in [3.63, 3.8) is 0 Å². The molecule has 0 saturated carbocycles. The van der Waals surface area contributed by atoms with Crippen molar-refractivity contribution in [2.24, 2.45) is 4.99 Å². The molecule has 2 aromatic rings. The third-order valence-corrected chi connectivity index (χ3v) is 3.43. The van der Waals surface area contributed by atoms with Gasteiger partial charge in [-0.2, -0.15) is 0 Å². The van der Waals surface area contributed by atoms with E-state index in [1.807, 2.05) is 42.5 Å². The number of guanidine groups is 1. The first-order valence-electron chi connectivity index (χ1n) is 8.51. The van der Waals surface area contributed by atoms with E-state index in [2.05, 4.69) is 20.6 Å². The number of rotatable bonds is 10. The number of halogens is 1. The average Bonchev–Trinajstić information content (AvgIpc) is 2.69. The smallest absolute Gasteiger partial charge is 0.213 e. The number of benzene rings is 1. The van der Waals surface area contributed by atoms with Crippen LogP contribution in [0.5, 0.6) is 11.6 Å². The molecule has 2 N–H and O–H groups in total. The number of ether oxygens (including phenoxy) is 3. The molecule has 0 aliphatic rings. The van der Waals surface area contributed by atoms with Gasteiger partial charge in [0.15, 0.2) is 5.96 Å². The van der Waals surface area contributed by atoms with Gasteiger partial charge in [0.1, 0.15) is 19.0 Å². The predicted molar refractivity (Wildman–Crippen MR) is 117 cm³/mol. The Morgan fingerprint density at radius 1 is 1.00 bits per heavy atom. The summed E-state index contributed by atoms with van der Waals surface area (Å²) in [4.78, 5) is 8.46. The summed E-state index contributed by atoms with van der Waals surface area (Å²) in [5, 5.41) is 6.45. The first-order chi connectivity index (χ1) is 12.8. The van der Waals surface area contributed by atoms with Crippen molar-refractivity contribution in [3.8, 4) is 11.6 Å². The van der Waals surface area contributed by atoms with E-state index < -0.39 is 0 Å². The zero-order valence-electron chi connectivity index (χ0n) is 15.7. The number of nitrogens with zero attached hydrogens (tertiary/aromatic N) is 2. The Kier molecular flexibility index (Phi) is 11.9. The molecule has 0 unspecified atom stereocenters. The van der Waals surface area contributed by atoms with Gasteiger partial charge in [0.25, 0.3) is 0 Å². The van der Waals surface area contributed by atoms with Crippen molar-refractivity contribution in [3.05, 3.63) is 54.2 Å². The van der Waals surface area contributed by atoms with Crippen LogP contribution in [0.2, 0.25) is 0 Å². The van der Waals surface area contributed by atoms with E-state index in [0.29, 0.717) is 44.7 Å². The molecule has 7 nitrogen and oxygen atoms in total. The number of pyridine rings is 1. The van der Waals surface area contributed by atoms with Gasteiger partial charge in [-0.1, -0.05) is 24.3 Å². The number of nitrogens with one attached hydrogen (secondary N) is 2. The molecule has 1 aromatic carbocycles. The van der Waals surface area contributed by atoms with Crippen LogP contribution in [0.15, 0.2) is 53.7 Å². The minimum atomic E-state index is 0. The molecule has 2 rings (SSSR count). The van der Waals surface area contributed by atoms with Crippen molar-refractivity contribution < 1.29 is 14.2 Å². The molecule has 8 heteroatoms. The quantitative estimate of drug-likeness (QED) is 0.233. The first kappa shape index (κ1) is 23.0. The number of methoxy groups -OCH3 is 1. The first-order valence-corrected chi connectivity index (χ1v) is 8.51.